The molecule has 1 heterocycles. The van der Waals surface area contributed by atoms with E-state index in [0.29, 0.717) is 40.5 Å². The first-order valence-electron chi connectivity index (χ1n) is 11.8. The fourth-order valence-electron chi connectivity index (χ4n) is 3.96. The first kappa shape index (κ1) is 28.5. The molecule has 36 heavy (non-hydrogen) atoms. The van der Waals surface area contributed by atoms with Gasteiger partial charge in [-0.1, -0.05) is 49.3 Å². The molecule has 0 fully saturated rings. The van der Waals surface area contributed by atoms with E-state index in [9.17, 15) is 9.59 Å². The number of thioether (sulfide) groups is 1. The third-order valence-corrected chi connectivity index (χ3v) is 7.52. The highest BCUT2D eigenvalue weighted by atomic mass is 127. The molecule has 3 aromatic rings. The van der Waals surface area contributed by atoms with Crippen molar-refractivity contribution in [2.75, 3.05) is 11.1 Å². The summed E-state index contributed by atoms with van der Waals surface area (Å²) >= 11 is 9.84. The molecule has 0 unspecified atom stereocenters. The van der Waals surface area contributed by atoms with Crippen molar-refractivity contribution in [3.8, 4) is 0 Å². The van der Waals surface area contributed by atoms with Crippen molar-refractivity contribution in [1.29, 1.82) is 0 Å². The molecule has 0 spiro atoms. The molecule has 0 aliphatic heterocycles. The molecule has 1 atom stereocenters. The van der Waals surface area contributed by atoms with Gasteiger partial charge in [0.1, 0.15) is 0 Å². The van der Waals surface area contributed by atoms with E-state index in [1.54, 1.807) is 24.3 Å². The van der Waals surface area contributed by atoms with Crippen LogP contribution in [0.1, 0.15) is 60.5 Å². The lowest BCUT2D eigenvalue weighted by Gasteiger charge is -2.21. The summed E-state index contributed by atoms with van der Waals surface area (Å²) in [6, 6.07) is 10.7. The quantitative estimate of drug-likeness (QED) is 0.197. The van der Waals surface area contributed by atoms with Gasteiger partial charge in [-0.25, -0.2) is 0 Å². The number of carbonyl (C=O) groups excluding carboxylic acids is 2. The maximum absolute atomic E-state index is 13.0. The largest absolute Gasteiger partial charge is 0.342 e. The van der Waals surface area contributed by atoms with E-state index in [1.807, 2.05) is 37.5 Å². The van der Waals surface area contributed by atoms with Crippen LogP contribution < -0.4 is 10.6 Å². The van der Waals surface area contributed by atoms with Crippen LogP contribution in [0.25, 0.3) is 0 Å². The third kappa shape index (κ3) is 7.23. The molecule has 0 saturated heterocycles. The zero-order valence-corrected chi connectivity index (χ0v) is 24.8. The summed E-state index contributed by atoms with van der Waals surface area (Å²) in [4.78, 5) is 25.7. The van der Waals surface area contributed by atoms with Gasteiger partial charge in [-0.05, 0) is 91.1 Å². The maximum atomic E-state index is 13.0. The molecule has 0 saturated carbocycles. The van der Waals surface area contributed by atoms with Crippen molar-refractivity contribution >= 4 is 63.5 Å². The minimum Gasteiger partial charge on any atom is -0.342 e. The van der Waals surface area contributed by atoms with Gasteiger partial charge in [0.25, 0.3) is 5.91 Å². The number of nitrogens with one attached hydrogen (secondary N) is 2. The number of nitrogens with zero attached hydrogens (tertiary/aromatic N) is 3. The highest BCUT2D eigenvalue weighted by Gasteiger charge is 2.25. The number of benzene rings is 2. The van der Waals surface area contributed by atoms with Gasteiger partial charge < -0.3 is 15.2 Å². The predicted octanol–water partition coefficient (Wildman–Crippen LogP) is 6.42. The molecule has 192 valence electrons. The van der Waals surface area contributed by atoms with E-state index in [-0.39, 0.29) is 23.6 Å². The number of aryl methyl sites for hydroxylation is 2. The van der Waals surface area contributed by atoms with Crippen molar-refractivity contribution in [2.24, 2.45) is 5.92 Å². The molecule has 0 aliphatic carbocycles. The van der Waals surface area contributed by atoms with Gasteiger partial charge in [0.05, 0.1) is 22.4 Å². The highest BCUT2D eigenvalue weighted by molar-refractivity contribution is 14.1. The van der Waals surface area contributed by atoms with Gasteiger partial charge in [-0.3, -0.25) is 9.59 Å². The first-order valence-corrected chi connectivity index (χ1v) is 14.2. The monoisotopic (exact) mass is 639 g/mol. The van der Waals surface area contributed by atoms with Crippen molar-refractivity contribution in [3.05, 3.63) is 67.5 Å². The predicted molar refractivity (Wildman–Crippen MR) is 155 cm³/mol. The molecule has 0 bridgehead atoms. The maximum Gasteiger partial charge on any atom is 0.253 e. The van der Waals surface area contributed by atoms with E-state index in [2.05, 4.69) is 57.3 Å². The SMILES string of the molecule is CCn1c(SCC(=O)Nc2c(C)cc(I)cc2C)nnc1[C@@H](CC(C)C)NC(=O)c1ccccc1Cl. The summed E-state index contributed by atoms with van der Waals surface area (Å²) in [5.41, 5.74) is 3.32. The van der Waals surface area contributed by atoms with Crippen molar-refractivity contribution in [2.45, 2.75) is 58.8 Å². The minimum atomic E-state index is -0.346. The van der Waals surface area contributed by atoms with Gasteiger partial charge in [-0.15, -0.1) is 10.2 Å². The zero-order chi connectivity index (χ0) is 26.4. The number of aromatic nitrogens is 3. The van der Waals surface area contributed by atoms with Crippen LogP contribution >= 0.6 is 46.0 Å². The number of hydrogen-bond acceptors (Lipinski definition) is 5. The molecule has 3 rings (SSSR count). The van der Waals surface area contributed by atoms with Crippen LogP contribution in [0.3, 0.4) is 0 Å². The number of halogens is 2. The Labute approximate surface area is 235 Å². The van der Waals surface area contributed by atoms with Gasteiger partial charge in [0.2, 0.25) is 5.91 Å². The smallest absolute Gasteiger partial charge is 0.253 e. The molecule has 0 aliphatic rings. The van der Waals surface area contributed by atoms with Gasteiger partial charge in [0.15, 0.2) is 11.0 Å². The van der Waals surface area contributed by atoms with Crippen LogP contribution in [-0.2, 0) is 11.3 Å². The summed E-state index contributed by atoms with van der Waals surface area (Å²) < 4.78 is 3.09. The van der Waals surface area contributed by atoms with E-state index >= 15 is 0 Å². The summed E-state index contributed by atoms with van der Waals surface area (Å²) in [6.45, 7) is 10.8. The second-order valence-electron chi connectivity index (χ2n) is 8.97. The third-order valence-electron chi connectivity index (χ3n) is 5.60. The Balaban J connectivity index is 1.75. The van der Waals surface area contributed by atoms with Gasteiger partial charge >= 0.3 is 0 Å². The van der Waals surface area contributed by atoms with Gasteiger partial charge in [0, 0.05) is 15.8 Å². The lowest BCUT2D eigenvalue weighted by molar-refractivity contribution is -0.113. The van der Waals surface area contributed by atoms with Gasteiger partial charge in [-0.2, -0.15) is 0 Å². The van der Waals surface area contributed by atoms with E-state index in [4.69, 9.17) is 11.6 Å². The Morgan fingerprint density at radius 2 is 1.81 bits per heavy atom. The van der Waals surface area contributed by atoms with E-state index in [0.717, 1.165) is 20.4 Å². The number of rotatable bonds is 10. The second kappa shape index (κ2) is 12.9. The Hall–Kier alpha value is -2.11. The first-order chi connectivity index (χ1) is 17.1. The molecule has 2 amide bonds. The summed E-state index contributed by atoms with van der Waals surface area (Å²) in [7, 11) is 0. The summed E-state index contributed by atoms with van der Waals surface area (Å²) in [5, 5.41) is 15.9. The molecule has 10 heteroatoms. The number of amides is 2. The average Bonchev–Trinajstić information content (AvgIpc) is 3.22. The summed E-state index contributed by atoms with van der Waals surface area (Å²) in [5.74, 6) is 0.813. The lowest BCUT2D eigenvalue weighted by atomic mass is 10.0. The van der Waals surface area contributed by atoms with Crippen LogP contribution in [0.2, 0.25) is 5.02 Å². The molecule has 1 aromatic heterocycles. The fourth-order valence-corrected chi connectivity index (χ4v) is 5.92. The zero-order valence-electron chi connectivity index (χ0n) is 21.1. The van der Waals surface area contributed by atoms with Crippen molar-refractivity contribution < 1.29 is 9.59 Å². The van der Waals surface area contributed by atoms with Crippen molar-refractivity contribution in [1.82, 2.24) is 20.1 Å². The second-order valence-corrected chi connectivity index (χ2v) is 11.6. The number of hydrogen-bond donors (Lipinski definition) is 2. The average molecular weight is 640 g/mol. The van der Waals surface area contributed by atoms with E-state index < -0.39 is 0 Å². The number of carbonyl (C=O) groups is 2. The molecule has 2 aromatic carbocycles. The fraction of sp³-hybridized carbons (Fsp3) is 0.385. The minimum absolute atomic E-state index is 0.106. The van der Waals surface area contributed by atoms with Crippen LogP contribution in [0, 0.1) is 23.3 Å². The topological polar surface area (TPSA) is 88.9 Å². The normalized spacial score (nSPS) is 12.0. The Bertz CT molecular complexity index is 1220. The summed E-state index contributed by atoms with van der Waals surface area (Å²) in [6.07, 6.45) is 0.685. The molecular formula is C26H31ClIN5O2S. The molecule has 0 radical (unpaired) electrons. The molecular weight excluding hydrogens is 609 g/mol. The standard InChI is InChI=1S/C26H31ClIN5O2S/c1-6-33-24(21(11-15(2)3)29-25(35)19-9-7-8-10-20(19)27)31-32-26(33)36-14-22(34)30-23-16(4)12-18(28)13-17(23)5/h7-10,12-13,15,21H,6,11,14H2,1-5H3,(H,29,35)(H,30,34)/t21-/m1/s1. The van der Waals surface area contributed by atoms with Crippen molar-refractivity contribution in [3.63, 3.8) is 0 Å². The Kier molecular flexibility index (Phi) is 10.2. The molecule has 7 nitrogen and oxygen atoms in total. The van der Waals surface area contributed by atoms with Crippen LogP contribution in [0.15, 0.2) is 41.6 Å². The van der Waals surface area contributed by atoms with Crippen LogP contribution in [0.5, 0.6) is 0 Å². The molecule has 2 N–H and O–H groups in total. The van der Waals surface area contributed by atoms with E-state index in [1.165, 1.54) is 11.8 Å². The Morgan fingerprint density at radius 1 is 1.14 bits per heavy atom. The Morgan fingerprint density at radius 3 is 2.42 bits per heavy atom. The highest BCUT2D eigenvalue weighted by Crippen LogP contribution is 2.27. The van der Waals surface area contributed by atoms with Crippen LogP contribution in [0.4, 0.5) is 5.69 Å². The number of anilines is 1. The lowest BCUT2D eigenvalue weighted by Crippen LogP contribution is -2.31. The van der Waals surface area contributed by atoms with Crippen LogP contribution in [-0.4, -0.2) is 32.3 Å².